The first-order valence-corrected chi connectivity index (χ1v) is 12.7. The monoisotopic (exact) mass is 548 g/mol. The van der Waals surface area contributed by atoms with Crippen molar-refractivity contribution in [3.05, 3.63) is 112 Å². The molecule has 1 heterocycles. The zero-order valence-corrected chi connectivity index (χ0v) is 22.2. The van der Waals surface area contributed by atoms with Gasteiger partial charge < -0.3 is 16.0 Å². The smallest absolute Gasteiger partial charge is 0.272 e. The molecule has 194 valence electrons. The van der Waals surface area contributed by atoms with E-state index in [2.05, 4.69) is 11.9 Å². The number of anilines is 1. The molecule has 7 nitrogen and oxygen atoms in total. The molecule has 0 aromatic heterocycles. The summed E-state index contributed by atoms with van der Waals surface area (Å²) in [6, 6.07) is 19.1. The lowest BCUT2D eigenvalue weighted by Gasteiger charge is -2.23. The molecule has 0 saturated heterocycles. The third-order valence-electron chi connectivity index (χ3n) is 6.37. The molecule has 2 unspecified atom stereocenters. The standard InChI is InChI=1S/C29H26Cl2N4O3/c1-3-6-20(15-19-13-14-21(30)16-23(19)31)28(37)34-27-29(38)35(2)24-8-5-4-7-22(24)25(33-27)17-9-11-18(12-10-17)26(32)36/h3-5,7-14,16,20,27H,1,6,15H2,2H3,(H2,32,36)(H,34,37). The van der Waals surface area contributed by atoms with E-state index in [0.29, 0.717) is 51.0 Å². The predicted octanol–water partition coefficient (Wildman–Crippen LogP) is 4.78. The fourth-order valence-electron chi connectivity index (χ4n) is 4.33. The average molecular weight is 549 g/mol. The van der Waals surface area contributed by atoms with Crippen molar-refractivity contribution in [1.82, 2.24) is 5.32 Å². The number of carbonyl (C=O) groups excluding carboxylic acids is 3. The van der Waals surface area contributed by atoms with E-state index in [1.54, 1.807) is 55.6 Å². The summed E-state index contributed by atoms with van der Waals surface area (Å²) in [5.74, 6) is -1.84. The average Bonchev–Trinajstić information content (AvgIpc) is 3.00. The summed E-state index contributed by atoms with van der Waals surface area (Å²) in [6.07, 6.45) is 1.17. The fraction of sp³-hybridized carbons (Fsp3) is 0.172. The summed E-state index contributed by atoms with van der Waals surface area (Å²) in [5.41, 5.74) is 9.02. The number of para-hydroxylation sites is 1. The van der Waals surface area contributed by atoms with Crippen LogP contribution < -0.4 is 16.0 Å². The second-order valence-electron chi connectivity index (χ2n) is 8.91. The van der Waals surface area contributed by atoms with Gasteiger partial charge in [-0.3, -0.25) is 14.4 Å². The second-order valence-corrected chi connectivity index (χ2v) is 9.75. The highest BCUT2D eigenvalue weighted by molar-refractivity contribution is 6.35. The van der Waals surface area contributed by atoms with Gasteiger partial charge in [0.2, 0.25) is 18.0 Å². The Morgan fingerprint density at radius 1 is 1.13 bits per heavy atom. The molecule has 0 fully saturated rings. The van der Waals surface area contributed by atoms with Gasteiger partial charge >= 0.3 is 0 Å². The van der Waals surface area contributed by atoms with Gasteiger partial charge in [0.15, 0.2) is 0 Å². The maximum absolute atomic E-state index is 13.5. The maximum Gasteiger partial charge on any atom is 0.272 e. The minimum absolute atomic E-state index is 0.329. The van der Waals surface area contributed by atoms with Crippen LogP contribution in [-0.2, 0) is 16.0 Å². The van der Waals surface area contributed by atoms with Crippen LogP contribution in [0.2, 0.25) is 10.0 Å². The lowest BCUT2D eigenvalue weighted by Crippen LogP contribution is -2.48. The number of fused-ring (bicyclic) bond motifs is 1. The van der Waals surface area contributed by atoms with Crippen molar-refractivity contribution in [2.24, 2.45) is 16.6 Å². The summed E-state index contributed by atoms with van der Waals surface area (Å²) in [7, 11) is 1.64. The van der Waals surface area contributed by atoms with Crippen LogP contribution in [0, 0.1) is 5.92 Å². The number of aliphatic imine (C=N–C) groups is 1. The van der Waals surface area contributed by atoms with Crippen molar-refractivity contribution in [2.45, 2.75) is 19.0 Å². The summed E-state index contributed by atoms with van der Waals surface area (Å²) < 4.78 is 0. The third-order valence-corrected chi connectivity index (χ3v) is 6.96. The molecule has 1 aliphatic rings. The first kappa shape index (κ1) is 27.1. The summed E-state index contributed by atoms with van der Waals surface area (Å²) in [6.45, 7) is 3.78. The SMILES string of the molecule is C=CCC(Cc1ccc(Cl)cc1Cl)C(=O)NC1N=C(c2ccc(C(N)=O)cc2)c2ccccc2N(C)C1=O. The molecular formula is C29H26Cl2N4O3. The molecule has 4 rings (SSSR count). The third kappa shape index (κ3) is 5.79. The Balaban J connectivity index is 1.70. The van der Waals surface area contributed by atoms with E-state index < -0.39 is 23.9 Å². The van der Waals surface area contributed by atoms with Crippen LogP contribution in [0.5, 0.6) is 0 Å². The Labute approximate surface area is 231 Å². The Morgan fingerprint density at radius 3 is 2.50 bits per heavy atom. The van der Waals surface area contributed by atoms with E-state index in [1.807, 2.05) is 24.3 Å². The molecule has 38 heavy (non-hydrogen) atoms. The molecule has 1 aliphatic heterocycles. The lowest BCUT2D eigenvalue weighted by molar-refractivity contribution is -0.129. The van der Waals surface area contributed by atoms with E-state index in [1.165, 1.54) is 4.90 Å². The van der Waals surface area contributed by atoms with Crippen LogP contribution in [0.4, 0.5) is 5.69 Å². The van der Waals surface area contributed by atoms with Crippen molar-refractivity contribution in [3.63, 3.8) is 0 Å². The number of hydrogen-bond acceptors (Lipinski definition) is 4. The number of halogens is 2. The van der Waals surface area contributed by atoms with Crippen LogP contribution in [-0.4, -0.2) is 36.6 Å². The number of primary amides is 1. The molecular weight excluding hydrogens is 523 g/mol. The lowest BCUT2D eigenvalue weighted by atomic mass is 9.95. The molecule has 3 amide bonds. The van der Waals surface area contributed by atoms with E-state index in [0.717, 1.165) is 5.56 Å². The first-order valence-electron chi connectivity index (χ1n) is 11.9. The van der Waals surface area contributed by atoms with E-state index in [-0.39, 0.29) is 5.91 Å². The van der Waals surface area contributed by atoms with Gasteiger partial charge in [-0.1, -0.05) is 65.7 Å². The van der Waals surface area contributed by atoms with Crippen molar-refractivity contribution in [1.29, 1.82) is 0 Å². The van der Waals surface area contributed by atoms with Gasteiger partial charge in [-0.2, -0.15) is 0 Å². The number of allylic oxidation sites excluding steroid dienone is 1. The number of hydrogen-bond donors (Lipinski definition) is 2. The van der Waals surface area contributed by atoms with Crippen LogP contribution in [0.25, 0.3) is 0 Å². The molecule has 0 spiro atoms. The van der Waals surface area contributed by atoms with Gasteiger partial charge in [-0.25, -0.2) is 4.99 Å². The molecule has 0 radical (unpaired) electrons. The molecule has 0 bridgehead atoms. The number of benzodiazepines with no additional fused rings is 1. The predicted molar refractivity (Wildman–Crippen MR) is 151 cm³/mol. The van der Waals surface area contributed by atoms with Crippen LogP contribution >= 0.6 is 23.2 Å². The number of nitrogens with two attached hydrogens (primary N) is 1. The number of nitrogens with zero attached hydrogens (tertiary/aromatic N) is 2. The summed E-state index contributed by atoms with van der Waals surface area (Å²) in [4.78, 5) is 44.7. The highest BCUT2D eigenvalue weighted by Gasteiger charge is 2.32. The van der Waals surface area contributed by atoms with Crippen molar-refractivity contribution < 1.29 is 14.4 Å². The molecule has 2 atom stereocenters. The topological polar surface area (TPSA) is 105 Å². The summed E-state index contributed by atoms with van der Waals surface area (Å²) in [5, 5.41) is 3.79. The number of amides is 3. The molecule has 3 N–H and O–H groups in total. The van der Waals surface area contributed by atoms with Gasteiger partial charge in [0.25, 0.3) is 5.91 Å². The molecule has 3 aromatic rings. The summed E-state index contributed by atoms with van der Waals surface area (Å²) >= 11 is 12.4. The quantitative estimate of drug-likeness (QED) is 0.395. The zero-order valence-electron chi connectivity index (χ0n) is 20.7. The van der Waals surface area contributed by atoms with Gasteiger partial charge in [-0.15, -0.1) is 6.58 Å². The Hall–Kier alpha value is -3.94. The highest BCUT2D eigenvalue weighted by atomic mass is 35.5. The fourth-order valence-corrected chi connectivity index (χ4v) is 4.81. The van der Waals surface area contributed by atoms with Crippen molar-refractivity contribution in [3.8, 4) is 0 Å². The molecule has 0 aliphatic carbocycles. The Bertz CT molecular complexity index is 1440. The van der Waals surface area contributed by atoms with Gasteiger partial charge in [0, 0.05) is 39.7 Å². The molecule has 0 saturated carbocycles. The number of rotatable bonds is 8. The number of likely N-dealkylation sites (N-methyl/N-ethyl adjacent to an activating group) is 1. The van der Waals surface area contributed by atoms with Crippen molar-refractivity contribution in [2.75, 3.05) is 11.9 Å². The van der Waals surface area contributed by atoms with Crippen molar-refractivity contribution >= 4 is 52.3 Å². The van der Waals surface area contributed by atoms with E-state index in [4.69, 9.17) is 33.9 Å². The minimum atomic E-state index is -1.18. The highest BCUT2D eigenvalue weighted by Crippen LogP contribution is 2.28. The Kier molecular flexibility index (Phi) is 8.29. The largest absolute Gasteiger partial charge is 0.366 e. The minimum Gasteiger partial charge on any atom is -0.366 e. The normalized spacial score (nSPS) is 15.7. The molecule has 9 heteroatoms. The zero-order chi connectivity index (χ0) is 27.4. The van der Waals surface area contributed by atoms with Crippen LogP contribution in [0.1, 0.15) is 33.5 Å². The maximum atomic E-state index is 13.5. The van der Waals surface area contributed by atoms with E-state index in [9.17, 15) is 14.4 Å². The number of nitrogens with one attached hydrogen (secondary N) is 1. The van der Waals surface area contributed by atoms with E-state index >= 15 is 0 Å². The van der Waals surface area contributed by atoms with Gasteiger partial charge in [0.1, 0.15) is 0 Å². The van der Waals surface area contributed by atoms with Crippen LogP contribution in [0.3, 0.4) is 0 Å². The molecule has 3 aromatic carbocycles. The van der Waals surface area contributed by atoms with Gasteiger partial charge in [0.05, 0.1) is 11.4 Å². The Morgan fingerprint density at radius 2 is 1.84 bits per heavy atom. The number of benzene rings is 3. The second kappa shape index (κ2) is 11.6. The van der Waals surface area contributed by atoms with Crippen LogP contribution in [0.15, 0.2) is 84.4 Å². The first-order chi connectivity index (χ1) is 18.2. The number of carbonyl (C=O) groups is 3. The van der Waals surface area contributed by atoms with Gasteiger partial charge in [-0.05, 0) is 48.7 Å².